The number of carbonyl (C=O) groups is 1. The molecule has 1 amide bonds. The molecule has 2 atom stereocenters. The summed E-state index contributed by atoms with van der Waals surface area (Å²) < 4.78 is 39.1. The number of nitrogens with zero attached hydrogens (tertiary/aromatic N) is 4. The van der Waals surface area contributed by atoms with Crippen LogP contribution in [-0.2, 0) is 4.79 Å². The zero-order chi connectivity index (χ0) is 21.4. The number of aromatic nitrogens is 2. The van der Waals surface area contributed by atoms with Crippen molar-refractivity contribution in [1.82, 2.24) is 14.9 Å². The third kappa shape index (κ3) is 4.01. The molecule has 2 bridgehead atoms. The lowest BCUT2D eigenvalue weighted by Gasteiger charge is -2.39. The SMILES string of the molecule is Cc1cc(C(F)F)nc(/N=C(\N)C(=O)N2C3CCC2CC(c2ccc(F)cc2)C3)n1. The fourth-order valence-corrected chi connectivity index (χ4v) is 4.54. The maximum atomic E-state index is 13.2. The molecule has 2 aromatic rings. The summed E-state index contributed by atoms with van der Waals surface area (Å²) in [5.74, 6) is -1.00. The first-order chi connectivity index (χ1) is 14.3. The first kappa shape index (κ1) is 20.3. The third-order valence-corrected chi connectivity index (χ3v) is 5.83. The van der Waals surface area contributed by atoms with Crippen molar-refractivity contribution in [3.8, 4) is 0 Å². The van der Waals surface area contributed by atoms with E-state index in [1.54, 1.807) is 24.0 Å². The second kappa shape index (κ2) is 8.04. The van der Waals surface area contributed by atoms with Gasteiger partial charge in [0.25, 0.3) is 18.3 Å². The van der Waals surface area contributed by atoms with Crippen LogP contribution in [0.3, 0.4) is 0 Å². The number of amides is 1. The number of piperidine rings is 1. The van der Waals surface area contributed by atoms with Crippen molar-refractivity contribution in [2.24, 2.45) is 10.7 Å². The monoisotopic (exact) mass is 417 g/mol. The molecule has 3 heterocycles. The summed E-state index contributed by atoms with van der Waals surface area (Å²) in [6.07, 6.45) is 0.476. The number of rotatable bonds is 3. The summed E-state index contributed by atoms with van der Waals surface area (Å²) in [6, 6.07) is 7.68. The molecule has 2 fully saturated rings. The highest BCUT2D eigenvalue weighted by atomic mass is 19.3. The first-order valence-corrected chi connectivity index (χ1v) is 9.88. The molecule has 30 heavy (non-hydrogen) atoms. The van der Waals surface area contributed by atoms with Gasteiger partial charge < -0.3 is 10.6 Å². The van der Waals surface area contributed by atoms with E-state index in [0.717, 1.165) is 31.2 Å². The molecule has 0 aliphatic carbocycles. The molecule has 2 saturated heterocycles. The lowest BCUT2D eigenvalue weighted by atomic mass is 9.85. The number of halogens is 3. The molecule has 2 N–H and O–H groups in total. The maximum absolute atomic E-state index is 13.2. The standard InChI is InChI=1S/C21H22F3N5O/c1-11-8-17(18(23)24)27-21(26-11)28-19(25)20(30)29-15-6-7-16(29)10-13(9-15)12-2-4-14(22)5-3-12/h2-5,8,13,15-16,18H,6-7,9-10H2,1H3,(H2,25,26,27,28). The van der Waals surface area contributed by atoms with Gasteiger partial charge in [-0.2, -0.15) is 4.99 Å². The number of nitrogens with two attached hydrogens (primary N) is 1. The van der Waals surface area contributed by atoms with Crippen LogP contribution in [0.1, 0.15) is 55.0 Å². The maximum Gasteiger partial charge on any atom is 0.289 e. The van der Waals surface area contributed by atoms with E-state index in [-0.39, 0.29) is 35.6 Å². The molecule has 4 rings (SSSR count). The van der Waals surface area contributed by atoms with Gasteiger partial charge >= 0.3 is 0 Å². The number of fused-ring (bicyclic) bond motifs is 2. The molecule has 2 aliphatic rings. The van der Waals surface area contributed by atoms with Crippen LogP contribution in [0.25, 0.3) is 0 Å². The van der Waals surface area contributed by atoms with E-state index in [2.05, 4.69) is 15.0 Å². The van der Waals surface area contributed by atoms with Crippen molar-refractivity contribution in [3.63, 3.8) is 0 Å². The van der Waals surface area contributed by atoms with Crippen LogP contribution in [0.5, 0.6) is 0 Å². The van der Waals surface area contributed by atoms with Gasteiger partial charge in [0.1, 0.15) is 11.5 Å². The number of hydrogen-bond acceptors (Lipinski definition) is 4. The highest BCUT2D eigenvalue weighted by molar-refractivity contribution is 6.37. The zero-order valence-corrected chi connectivity index (χ0v) is 16.4. The van der Waals surface area contributed by atoms with Crippen molar-refractivity contribution in [3.05, 3.63) is 53.1 Å². The van der Waals surface area contributed by atoms with E-state index in [4.69, 9.17) is 5.73 Å². The minimum atomic E-state index is -2.76. The minimum absolute atomic E-state index is 0.00936. The summed E-state index contributed by atoms with van der Waals surface area (Å²) in [7, 11) is 0. The Hall–Kier alpha value is -2.97. The van der Waals surface area contributed by atoms with Gasteiger partial charge in [-0.3, -0.25) is 4.79 Å². The number of carbonyl (C=O) groups excluding carboxylic acids is 1. The van der Waals surface area contributed by atoms with Gasteiger partial charge in [-0.25, -0.2) is 23.1 Å². The molecule has 6 nitrogen and oxygen atoms in total. The molecule has 2 aliphatic heterocycles. The van der Waals surface area contributed by atoms with Gasteiger partial charge in [0.05, 0.1) is 0 Å². The first-order valence-electron chi connectivity index (χ1n) is 9.88. The third-order valence-electron chi connectivity index (χ3n) is 5.83. The molecule has 0 radical (unpaired) electrons. The molecule has 0 saturated carbocycles. The number of aryl methyl sites for hydroxylation is 1. The Morgan fingerprint density at radius 2 is 1.80 bits per heavy atom. The van der Waals surface area contributed by atoms with Gasteiger partial charge in [0.15, 0.2) is 5.84 Å². The number of amidine groups is 1. The van der Waals surface area contributed by atoms with Crippen molar-refractivity contribution >= 4 is 17.7 Å². The fraction of sp³-hybridized carbons (Fsp3) is 0.429. The van der Waals surface area contributed by atoms with Gasteiger partial charge in [-0.1, -0.05) is 12.1 Å². The molecule has 1 aromatic carbocycles. The second-order valence-electron chi connectivity index (χ2n) is 7.85. The lowest BCUT2D eigenvalue weighted by molar-refractivity contribution is -0.128. The zero-order valence-electron chi connectivity index (χ0n) is 16.4. The van der Waals surface area contributed by atoms with Gasteiger partial charge in [-0.05, 0) is 62.3 Å². The Morgan fingerprint density at radius 3 is 2.40 bits per heavy atom. The molecular weight excluding hydrogens is 395 g/mol. The molecule has 0 spiro atoms. The highest BCUT2D eigenvalue weighted by Crippen LogP contribution is 2.43. The van der Waals surface area contributed by atoms with Crippen LogP contribution in [0.15, 0.2) is 35.3 Å². The van der Waals surface area contributed by atoms with Crippen molar-refractivity contribution in [2.75, 3.05) is 0 Å². The predicted molar refractivity (Wildman–Crippen MR) is 105 cm³/mol. The molecule has 2 unspecified atom stereocenters. The highest BCUT2D eigenvalue weighted by Gasteiger charge is 2.44. The van der Waals surface area contributed by atoms with E-state index in [0.29, 0.717) is 5.69 Å². The van der Waals surface area contributed by atoms with Crippen LogP contribution in [0.4, 0.5) is 19.1 Å². The van der Waals surface area contributed by atoms with Gasteiger partial charge in [0, 0.05) is 17.8 Å². The summed E-state index contributed by atoms with van der Waals surface area (Å²) in [4.78, 5) is 26.3. The Kier molecular flexibility index (Phi) is 5.44. The Bertz CT molecular complexity index is 965. The number of aliphatic imine (C=N–C) groups is 1. The quantitative estimate of drug-likeness (QED) is 0.608. The van der Waals surface area contributed by atoms with Crippen molar-refractivity contribution < 1.29 is 18.0 Å². The summed E-state index contributed by atoms with van der Waals surface area (Å²) >= 11 is 0. The van der Waals surface area contributed by atoms with Crippen LogP contribution in [0, 0.1) is 12.7 Å². The van der Waals surface area contributed by atoms with Crippen LogP contribution < -0.4 is 5.73 Å². The minimum Gasteiger partial charge on any atom is -0.379 e. The Labute approximate surface area is 172 Å². The van der Waals surface area contributed by atoms with Gasteiger partial charge in [-0.15, -0.1) is 0 Å². The predicted octanol–water partition coefficient (Wildman–Crippen LogP) is 3.79. The molecular formula is C21H22F3N5O. The van der Waals surface area contributed by atoms with Gasteiger partial charge in [0.2, 0.25) is 0 Å². The van der Waals surface area contributed by atoms with Crippen molar-refractivity contribution in [2.45, 2.75) is 57.0 Å². The van der Waals surface area contributed by atoms with E-state index >= 15 is 0 Å². The van der Waals surface area contributed by atoms with Crippen LogP contribution >= 0.6 is 0 Å². The largest absolute Gasteiger partial charge is 0.379 e. The van der Waals surface area contributed by atoms with E-state index in [1.807, 2.05) is 0 Å². The smallest absolute Gasteiger partial charge is 0.289 e. The fourth-order valence-electron chi connectivity index (χ4n) is 4.54. The second-order valence-corrected chi connectivity index (χ2v) is 7.85. The summed E-state index contributed by atoms with van der Waals surface area (Å²) in [6.45, 7) is 1.55. The van der Waals surface area contributed by atoms with E-state index < -0.39 is 18.0 Å². The molecule has 158 valence electrons. The van der Waals surface area contributed by atoms with E-state index in [1.165, 1.54) is 18.2 Å². The molecule has 9 heteroatoms. The van der Waals surface area contributed by atoms with E-state index in [9.17, 15) is 18.0 Å². The summed E-state index contributed by atoms with van der Waals surface area (Å²) in [5.41, 5.74) is 6.85. The average Bonchev–Trinajstić information content (AvgIpc) is 2.96. The topological polar surface area (TPSA) is 84.5 Å². The number of alkyl halides is 2. The Morgan fingerprint density at radius 1 is 1.17 bits per heavy atom. The molecule has 1 aromatic heterocycles. The summed E-state index contributed by atoms with van der Waals surface area (Å²) in [5, 5.41) is 0. The van der Waals surface area contributed by atoms with Crippen LogP contribution in [0.2, 0.25) is 0 Å². The normalized spacial score (nSPS) is 23.8. The number of hydrogen-bond donors (Lipinski definition) is 1. The number of benzene rings is 1. The van der Waals surface area contributed by atoms with Crippen molar-refractivity contribution in [1.29, 1.82) is 0 Å². The average molecular weight is 417 g/mol. The Balaban J connectivity index is 1.51. The van der Waals surface area contributed by atoms with Crippen LogP contribution in [-0.4, -0.2) is 38.7 Å². The lowest BCUT2D eigenvalue weighted by Crippen LogP contribution is -2.50.